The van der Waals surface area contributed by atoms with Crippen LogP contribution < -0.4 is 10.9 Å². The van der Waals surface area contributed by atoms with Gasteiger partial charge in [-0.25, -0.2) is 4.98 Å². The Bertz CT molecular complexity index is 1130. The Hall–Kier alpha value is -2.10. The van der Waals surface area contributed by atoms with Crippen LogP contribution in [0.4, 0.5) is 5.69 Å². The number of carbonyl (C=O) groups is 1. The van der Waals surface area contributed by atoms with E-state index < -0.39 is 0 Å². The van der Waals surface area contributed by atoms with Crippen LogP contribution in [-0.2, 0) is 17.9 Å². The maximum Gasteiger partial charge on any atom is 0.273 e. The van der Waals surface area contributed by atoms with E-state index in [0.29, 0.717) is 26.5 Å². The minimum absolute atomic E-state index is 0.131. The maximum atomic E-state index is 12.7. The van der Waals surface area contributed by atoms with Gasteiger partial charge in [-0.15, -0.1) is 6.58 Å². The highest BCUT2D eigenvalue weighted by molar-refractivity contribution is 9.10. The van der Waals surface area contributed by atoms with Crippen molar-refractivity contribution in [1.29, 1.82) is 0 Å². The van der Waals surface area contributed by atoms with Gasteiger partial charge >= 0.3 is 0 Å². The number of hydrogen-bond acceptors (Lipinski definition) is 5. The van der Waals surface area contributed by atoms with Gasteiger partial charge in [0.25, 0.3) is 5.56 Å². The molecule has 1 N–H and O–H groups in total. The lowest BCUT2D eigenvalue weighted by Gasteiger charge is -2.09. The number of hydrogen-bond donors (Lipinski definition) is 1. The SMILES string of the molecule is C=CCn1c(=S)sc2c(=O)n(CC(=O)Nc3ccc(C)cc3Br)cnc21. The normalized spacial score (nSPS) is 10.8. The number of aryl methyl sites for hydroxylation is 1. The van der Waals surface area contributed by atoms with Gasteiger partial charge in [-0.2, -0.15) is 0 Å². The van der Waals surface area contributed by atoms with Crippen LogP contribution in [-0.4, -0.2) is 20.0 Å². The number of benzene rings is 1. The number of rotatable bonds is 5. The molecular weight excluding hydrogens is 436 g/mol. The lowest BCUT2D eigenvalue weighted by molar-refractivity contribution is -0.116. The number of nitrogens with one attached hydrogen (secondary N) is 1. The second-order valence-electron chi connectivity index (χ2n) is 5.63. The number of allylic oxidation sites excluding steroid dienone is 1. The van der Waals surface area contributed by atoms with Crippen LogP contribution >= 0.6 is 39.5 Å². The molecule has 3 aromatic rings. The van der Waals surface area contributed by atoms with Crippen LogP contribution in [0.1, 0.15) is 5.56 Å². The van der Waals surface area contributed by atoms with Crippen molar-refractivity contribution < 1.29 is 4.79 Å². The number of anilines is 1. The van der Waals surface area contributed by atoms with E-state index in [-0.39, 0.29) is 18.0 Å². The smallest absolute Gasteiger partial charge is 0.273 e. The number of amides is 1. The van der Waals surface area contributed by atoms with E-state index in [9.17, 15) is 9.59 Å². The zero-order chi connectivity index (χ0) is 18.8. The summed E-state index contributed by atoms with van der Waals surface area (Å²) in [5.41, 5.74) is 1.95. The molecule has 6 nitrogen and oxygen atoms in total. The molecule has 134 valence electrons. The number of aromatic nitrogens is 3. The number of thiazole rings is 1. The predicted molar refractivity (Wildman–Crippen MR) is 110 cm³/mol. The molecule has 0 aliphatic heterocycles. The van der Waals surface area contributed by atoms with Crippen LogP contribution in [0.5, 0.6) is 0 Å². The van der Waals surface area contributed by atoms with Crippen molar-refractivity contribution in [2.75, 3.05) is 5.32 Å². The molecule has 0 aliphatic carbocycles. The number of carbonyl (C=O) groups excluding carboxylic acids is 1. The van der Waals surface area contributed by atoms with E-state index in [1.165, 1.54) is 22.2 Å². The molecule has 0 atom stereocenters. The first kappa shape index (κ1) is 18.7. The summed E-state index contributed by atoms with van der Waals surface area (Å²) in [6, 6.07) is 5.61. The Labute approximate surface area is 166 Å². The fraction of sp³-hybridized carbons (Fsp3) is 0.176. The molecule has 0 unspecified atom stereocenters. The van der Waals surface area contributed by atoms with Crippen molar-refractivity contribution in [1.82, 2.24) is 14.1 Å². The largest absolute Gasteiger partial charge is 0.324 e. The molecule has 2 aromatic heterocycles. The molecule has 1 amide bonds. The standard InChI is InChI=1S/C17H15BrN4O2S2/c1-3-6-22-15-14(26-17(22)25)16(24)21(9-19-15)8-13(23)20-12-5-4-10(2)7-11(12)18/h3-5,7,9H,1,6,8H2,2H3,(H,20,23). The summed E-state index contributed by atoms with van der Waals surface area (Å²) >= 11 is 9.89. The van der Waals surface area contributed by atoms with Crippen molar-refractivity contribution in [2.24, 2.45) is 0 Å². The Balaban J connectivity index is 1.88. The molecule has 0 aliphatic rings. The highest BCUT2D eigenvalue weighted by Gasteiger charge is 2.14. The average Bonchev–Trinajstić information content (AvgIpc) is 2.90. The molecule has 26 heavy (non-hydrogen) atoms. The lowest BCUT2D eigenvalue weighted by atomic mass is 10.2. The lowest BCUT2D eigenvalue weighted by Crippen LogP contribution is -2.27. The Morgan fingerprint density at radius 1 is 1.50 bits per heavy atom. The van der Waals surface area contributed by atoms with E-state index in [4.69, 9.17) is 12.2 Å². The summed E-state index contributed by atoms with van der Waals surface area (Å²) in [7, 11) is 0. The summed E-state index contributed by atoms with van der Waals surface area (Å²) in [6.45, 7) is 6.00. The fourth-order valence-corrected chi connectivity index (χ4v) is 4.35. The molecular formula is C17H15BrN4O2S2. The van der Waals surface area contributed by atoms with E-state index in [1.807, 2.05) is 25.1 Å². The van der Waals surface area contributed by atoms with Crippen molar-refractivity contribution in [3.05, 3.63) is 61.5 Å². The van der Waals surface area contributed by atoms with Gasteiger partial charge < -0.3 is 9.88 Å². The third-order valence-corrected chi connectivity index (χ3v) is 5.75. The summed E-state index contributed by atoms with van der Waals surface area (Å²) in [4.78, 5) is 29.3. The second-order valence-corrected chi connectivity index (χ2v) is 8.13. The summed E-state index contributed by atoms with van der Waals surface area (Å²) in [5, 5.41) is 2.79. The molecule has 2 heterocycles. The number of halogens is 1. The maximum absolute atomic E-state index is 12.7. The van der Waals surface area contributed by atoms with Crippen molar-refractivity contribution in [2.45, 2.75) is 20.0 Å². The highest BCUT2D eigenvalue weighted by Crippen LogP contribution is 2.23. The van der Waals surface area contributed by atoms with Gasteiger partial charge in [0.05, 0.1) is 5.69 Å². The van der Waals surface area contributed by atoms with Crippen molar-refractivity contribution >= 4 is 61.4 Å². The number of nitrogens with zero attached hydrogens (tertiary/aromatic N) is 3. The quantitative estimate of drug-likeness (QED) is 0.472. The molecule has 3 rings (SSSR count). The Kier molecular flexibility index (Phi) is 5.49. The highest BCUT2D eigenvalue weighted by atomic mass is 79.9. The zero-order valence-electron chi connectivity index (χ0n) is 13.9. The fourth-order valence-electron chi connectivity index (χ4n) is 2.44. The third kappa shape index (κ3) is 3.69. The molecule has 1 aromatic carbocycles. The molecule has 0 spiro atoms. The van der Waals surface area contributed by atoms with Crippen LogP contribution in [0.25, 0.3) is 10.3 Å². The van der Waals surface area contributed by atoms with Gasteiger partial charge in [-0.05, 0) is 52.8 Å². The van der Waals surface area contributed by atoms with E-state index >= 15 is 0 Å². The predicted octanol–water partition coefficient (Wildman–Crippen LogP) is 3.88. The first-order valence-corrected chi connectivity index (χ1v) is 9.68. The van der Waals surface area contributed by atoms with Crippen LogP contribution in [0.3, 0.4) is 0 Å². The minimum Gasteiger partial charge on any atom is -0.324 e. The molecule has 9 heteroatoms. The van der Waals surface area contributed by atoms with Gasteiger partial charge in [0.1, 0.15) is 17.6 Å². The monoisotopic (exact) mass is 450 g/mol. The first-order chi connectivity index (χ1) is 12.4. The molecule has 0 bridgehead atoms. The number of fused-ring (bicyclic) bond motifs is 1. The Morgan fingerprint density at radius 2 is 2.27 bits per heavy atom. The molecule has 0 saturated carbocycles. The van der Waals surface area contributed by atoms with Gasteiger partial charge in [0.2, 0.25) is 5.91 Å². The second kappa shape index (κ2) is 7.65. The van der Waals surface area contributed by atoms with Crippen molar-refractivity contribution in [3.8, 4) is 0 Å². The van der Waals surface area contributed by atoms with Gasteiger partial charge in [-0.3, -0.25) is 14.2 Å². The minimum atomic E-state index is -0.313. The third-order valence-electron chi connectivity index (χ3n) is 3.67. The first-order valence-electron chi connectivity index (χ1n) is 7.66. The molecule has 0 fully saturated rings. The molecule has 0 radical (unpaired) electrons. The van der Waals surface area contributed by atoms with Gasteiger partial charge in [-0.1, -0.05) is 23.5 Å². The van der Waals surface area contributed by atoms with E-state index in [1.54, 1.807) is 10.6 Å². The summed E-state index contributed by atoms with van der Waals surface area (Å²) in [6.07, 6.45) is 3.07. The Morgan fingerprint density at radius 3 is 2.96 bits per heavy atom. The van der Waals surface area contributed by atoms with Crippen LogP contribution in [0.2, 0.25) is 0 Å². The van der Waals surface area contributed by atoms with Crippen LogP contribution in [0.15, 0.2) is 46.4 Å². The topological polar surface area (TPSA) is 68.9 Å². The molecule has 0 saturated heterocycles. The summed E-state index contributed by atoms with van der Waals surface area (Å²) in [5.74, 6) is -0.313. The van der Waals surface area contributed by atoms with Gasteiger partial charge in [0.15, 0.2) is 9.60 Å². The van der Waals surface area contributed by atoms with Gasteiger partial charge in [0, 0.05) is 11.0 Å². The van der Waals surface area contributed by atoms with E-state index in [0.717, 1.165) is 10.0 Å². The zero-order valence-corrected chi connectivity index (χ0v) is 17.1. The van der Waals surface area contributed by atoms with E-state index in [2.05, 4.69) is 32.8 Å². The van der Waals surface area contributed by atoms with Crippen LogP contribution in [0, 0.1) is 10.9 Å². The summed E-state index contributed by atoms with van der Waals surface area (Å²) < 4.78 is 4.80. The van der Waals surface area contributed by atoms with Crippen molar-refractivity contribution in [3.63, 3.8) is 0 Å². The average molecular weight is 451 g/mol.